The second-order valence-electron chi connectivity index (χ2n) is 5.73. The summed E-state index contributed by atoms with van der Waals surface area (Å²) in [4.78, 5) is 29.7. The third kappa shape index (κ3) is 3.97. The number of hydrogen-bond acceptors (Lipinski definition) is 3. The molecule has 2 rings (SSSR count). The summed E-state index contributed by atoms with van der Waals surface area (Å²) < 4.78 is 13.0. The van der Waals surface area contributed by atoms with E-state index in [-0.39, 0.29) is 12.2 Å². The molecule has 2 aromatic rings. The van der Waals surface area contributed by atoms with Gasteiger partial charge in [-0.25, -0.2) is 14.2 Å². The first-order valence-corrected chi connectivity index (χ1v) is 7.32. The minimum absolute atomic E-state index is 0.0322. The standard InChI is InChI=1S/C18H18FNO4/c1-18(2,17(22)23)20(24-12-13-6-4-3-5-7-13)16(21)14-8-10-15(19)11-9-14/h3-11H,12H2,1-2H3,(H,22,23). The molecule has 2 aromatic carbocycles. The van der Waals surface area contributed by atoms with Crippen LogP contribution in [-0.4, -0.2) is 27.6 Å². The molecule has 5 nitrogen and oxygen atoms in total. The molecule has 0 atom stereocenters. The van der Waals surface area contributed by atoms with E-state index in [1.54, 1.807) is 12.1 Å². The number of rotatable bonds is 6. The SMILES string of the molecule is CC(C)(C(=O)O)N(OCc1ccccc1)C(=O)c1ccc(F)cc1. The van der Waals surface area contributed by atoms with Crippen LogP contribution in [-0.2, 0) is 16.2 Å². The first-order valence-electron chi connectivity index (χ1n) is 7.32. The van der Waals surface area contributed by atoms with E-state index in [1.807, 2.05) is 18.2 Å². The second-order valence-corrected chi connectivity index (χ2v) is 5.73. The van der Waals surface area contributed by atoms with Gasteiger partial charge in [-0.05, 0) is 43.7 Å². The Labute approximate surface area is 139 Å². The summed E-state index contributed by atoms with van der Waals surface area (Å²) in [5.41, 5.74) is -0.672. The van der Waals surface area contributed by atoms with Crippen LogP contribution in [0.2, 0.25) is 0 Å². The van der Waals surface area contributed by atoms with E-state index < -0.39 is 23.2 Å². The van der Waals surface area contributed by atoms with Crippen LogP contribution < -0.4 is 0 Å². The van der Waals surface area contributed by atoms with Crippen LogP contribution in [0.4, 0.5) is 4.39 Å². The maximum atomic E-state index is 13.0. The lowest BCUT2D eigenvalue weighted by Crippen LogP contribution is -2.52. The number of carboxylic acid groups (broad SMARTS) is 1. The number of carbonyl (C=O) groups excluding carboxylic acids is 1. The minimum atomic E-state index is -1.60. The number of aliphatic carboxylic acids is 1. The van der Waals surface area contributed by atoms with Crippen molar-refractivity contribution < 1.29 is 23.9 Å². The van der Waals surface area contributed by atoms with Gasteiger partial charge < -0.3 is 5.11 Å². The van der Waals surface area contributed by atoms with Gasteiger partial charge in [-0.15, -0.1) is 0 Å². The molecule has 0 radical (unpaired) electrons. The average Bonchev–Trinajstić information content (AvgIpc) is 2.56. The lowest BCUT2D eigenvalue weighted by molar-refractivity contribution is -0.200. The lowest BCUT2D eigenvalue weighted by Gasteiger charge is -2.33. The zero-order chi connectivity index (χ0) is 17.7. The van der Waals surface area contributed by atoms with Crippen molar-refractivity contribution in [2.24, 2.45) is 0 Å². The maximum Gasteiger partial charge on any atom is 0.331 e. The molecule has 0 bridgehead atoms. The zero-order valence-corrected chi connectivity index (χ0v) is 13.4. The van der Waals surface area contributed by atoms with Crippen molar-refractivity contribution in [2.45, 2.75) is 26.0 Å². The number of halogens is 1. The van der Waals surface area contributed by atoms with E-state index in [1.165, 1.54) is 26.0 Å². The molecule has 0 heterocycles. The molecule has 0 aromatic heterocycles. The Morgan fingerprint density at radius 2 is 1.67 bits per heavy atom. The average molecular weight is 331 g/mol. The third-order valence-electron chi connectivity index (χ3n) is 3.51. The van der Waals surface area contributed by atoms with Gasteiger partial charge in [-0.2, -0.15) is 0 Å². The highest BCUT2D eigenvalue weighted by molar-refractivity contribution is 5.96. The fourth-order valence-electron chi connectivity index (χ4n) is 1.98. The zero-order valence-electron chi connectivity index (χ0n) is 13.4. The van der Waals surface area contributed by atoms with Crippen molar-refractivity contribution in [3.63, 3.8) is 0 Å². The summed E-state index contributed by atoms with van der Waals surface area (Å²) in [5.74, 6) is -2.36. The van der Waals surface area contributed by atoms with Gasteiger partial charge >= 0.3 is 5.97 Å². The minimum Gasteiger partial charge on any atom is -0.479 e. The van der Waals surface area contributed by atoms with Crippen LogP contribution in [0.3, 0.4) is 0 Å². The van der Waals surface area contributed by atoms with Gasteiger partial charge in [-0.1, -0.05) is 30.3 Å². The molecular weight excluding hydrogens is 313 g/mol. The van der Waals surface area contributed by atoms with Crippen molar-refractivity contribution >= 4 is 11.9 Å². The highest BCUT2D eigenvalue weighted by Gasteiger charge is 2.40. The van der Waals surface area contributed by atoms with E-state index in [9.17, 15) is 19.1 Å². The van der Waals surface area contributed by atoms with Crippen LogP contribution in [0, 0.1) is 5.82 Å². The van der Waals surface area contributed by atoms with Crippen molar-refractivity contribution in [2.75, 3.05) is 0 Å². The molecule has 0 saturated heterocycles. The number of carbonyl (C=O) groups is 2. The molecule has 1 amide bonds. The molecule has 0 saturated carbocycles. The summed E-state index contributed by atoms with van der Waals surface area (Å²) in [6.07, 6.45) is 0. The number of hydroxylamine groups is 2. The Balaban J connectivity index is 2.27. The van der Waals surface area contributed by atoms with E-state index in [0.29, 0.717) is 0 Å². The Hall–Kier alpha value is -2.73. The fraction of sp³-hybridized carbons (Fsp3) is 0.222. The van der Waals surface area contributed by atoms with Gasteiger partial charge in [0, 0.05) is 5.56 Å². The number of nitrogens with zero attached hydrogens (tertiary/aromatic N) is 1. The van der Waals surface area contributed by atoms with Crippen LogP contribution in [0.5, 0.6) is 0 Å². The quantitative estimate of drug-likeness (QED) is 0.825. The van der Waals surface area contributed by atoms with Gasteiger partial charge in [0.2, 0.25) is 0 Å². The van der Waals surface area contributed by atoms with E-state index in [4.69, 9.17) is 4.84 Å². The molecule has 0 unspecified atom stereocenters. The molecular formula is C18H18FNO4. The van der Waals surface area contributed by atoms with Crippen molar-refractivity contribution in [1.82, 2.24) is 5.06 Å². The largest absolute Gasteiger partial charge is 0.479 e. The van der Waals surface area contributed by atoms with Gasteiger partial charge in [-0.3, -0.25) is 9.63 Å². The van der Waals surface area contributed by atoms with Crippen molar-refractivity contribution in [3.05, 3.63) is 71.5 Å². The van der Waals surface area contributed by atoms with Gasteiger partial charge in [0.15, 0.2) is 5.54 Å². The number of amides is 1. The Kier molecular flexibility index (Phi) is 5.31. The van der Waals surface area contributed by atoms with Crippen LogP contribution >= 0.6 is 0 Å². The Morgan fingerprint density at radius 3 is 2.21 bits per heavy atom. The van der Waals surface area contributed by atoms with Crippen molar-refractivity contribution in [1.29, 1.82) is 0 Å². The monoisotopic (exact) mass is 331 g/mol. The molecule has 0 fully saturated rings. The van der Waals surface area contributed by atoms with Gasteiger partial charge in [0.05, 0.1) is 0 Å². The van der Waals surface area contributed by atoms with Crippen molar-refractivity contribution in [3.8, 4) is 0 Å². The highest BCUT2D eigenvalue weighted by atomic mass is 19.1. The summed E-state index contributed by atoms with van der Waals surface area (Å²) in [5, 5.41) is 10.2. The molecule has 24 heavy (non-hydrogen) atoms. The Bertz CT molecular complexity index is 714. The summed E-state index contributed by atoms with van der Waals surface area (Å²) >= 11 is 0. The number of hydrogen-bond donors (Lipinski definition) is 1. The molecule has 0 aliphatic carbocycles. The van der Waals surface area contributed by atoms with E-state index >= 15 is 0 Å². The molecule has 0 aliphatic rings. The predicted octanol–water partition coefficient (Wildman–Crippen LogP) is 3.26. The highest BCUT2D eigenvalue weighted by Crippen LogP contribution is 2.21. The molecule has 6 heteroatoms. The molecule has 1 N–H and O–H groups in total. The summed E-state index contributed by atoms with van der Waals surface area (Å²) in [6.45, 7) is 2.76. The molecule has 0 spiro atoms. The third-order valence-corrected chi connectivity index (χ3v) is 3.51. The number of benzene rings is 2. The van der Waals surface area contributed by atoms with Crippen LogP contribution in [0.1, 0.15) is 29.8 Å². The Morgan fingerprint density at radius 1 is 1.08 bits per heavy atom. The van der Waals surface area contributed by atoms with Crippen LogP contribution in [0.25, 0.3) is 0 Å². The summed E-state index contributed by atoms with van der Waals surface area (Å²) in [7, 11) is 0. The molecule has 0 aliphatic heterocycles. The fourth-order valence-corrected chi connectivity index (χ4v) is 1.98. The first kappa shape index (κ1) is 17.6. The van der Waals surface area contributed by atoms with Crippen LogP contribution in [0.15, 0.2) is 54.6 Å². The summed E-state index contributed by atoms with van der Waals surface area (Å²) in [6, 6.07) is 13.9. The predicted molar refractivity (Wildman–Crippen MR) is 85.5 cm³/mol. The smallest absolute Gasteiger partial charge is 0.331 e. The topological polar surface area (TPSA) is 66.8 Å². The van der Waals surface area contributed by atoms with E-state index in [2.05, 4.69) is 0 Å². The second kappa shape index (κ2) is 7.23. The first-order chi connectivity index (χ1) is 11.3. The van der Waals surface area contributed by atoms with E-state index in [0.717, 1.165) is 22.8 Å². The lowest BCUT2D eigenvalue weighted by atomic mass is 10.0. The normalized spacial score (nSPS) is 11.1. The van der Waals surface area contributed by atoms with Gasteiger partial charge in [0.1, 0.15) is 12.4 Å². The van der Waals surface area contributed by atoms with Gasteiger partial charge in [0.25, 0.3) is 5.91 Å². The molecule has 126 valence electrons. The maximum absolute atomic E-state index is 13.0. The number of carboxylic acids is 1.